The number of aliphatic hydroxyl groups excluding tert-OH is 1. The van der Waals surface area contributed by atoms with Crippen LogP contribution < -0.4 is 0 Å². The van der Waals surface area contributed by atoms with Gasteiger partial charge >= 0.3 is 0 Å². The van der Waals surface area contributed by atoms with Crippen molar-refractivity contribution in [3.05, 3.63) is 0 Å². The lowest BCUT2D eigenvalue weighted by Crippen LogP contribution is -2.61. The van der Waals surface area contributed by atoms with E-state index in [-0.39, 0.29) is 37.8 Å². The Morgan fingerprint density at radius 1 is 0.667 bits per heavy atom. The van der Waals surface area contributed by atoms with Gasteiger partial charge < -0.3 is 52.5 Å². The molecule has 6 saturated heterocycles. The van der Waals surface area contributed by atoms with Crippen molar-refractivity contribution < 1.29 is 57.3 Å². The maximum Gasteiger partial charge on any atom is 0.258 e. The van der Waals surface area contributed by atoms with E-state index in [9.17, 15) is 9.90 Å². The SMILES string of the molecule is CC1(C)O[C@@H]2CO[C@]3(COC(C)(C)O3)C(=O)[C@@H]2O1.CC1(C)O[C@@H]2[C@@H](CO[C@]3(COC(C)(C)O3)[C@H]2O)O1. The van der Waals surface area contributed by atoms with Crippen LogP contribution in [-0.2, 0) is 52.2 Å². The van der Waals surface area contributed by atoms with Crippen LogP contribution in [0, 0.1) is 0 Å². The molecular weight excluding hydrogens is 480 g/mol. The predicted molar refractivity (Wildman–Crippen MR) is 118 cm³/mol. The highest BCUT2D eigenvalue weighted by Crippen LogP contribution is 2.44. The Bertz CT molecular complexity index is 882. The van der Waals surface area contributed by atoms with E-state index in [4.69, 9.17) is 47.4 Å². The predicted octanol–water partition coefficient (Wildman–Crippen LogP) is 0.962. The molecule has 0 aromatic rings. The van der Waals surface area contributed by atoms with Crippen molar-refractivity contribution in [2.75, 3.05) is 26.4 Å². The Kier molecular flexibility index (Phi) is 6.23. The van der Waals surface area contributed by atoms with E-state index in [1.54, 1.807) is 41.5 Å². The quantitative estimate of drug-likeness (QED) is 0.490. The fraction of sp³-hybridized carbons (Fsp3) is 0.958. The highest BCUT2D eigenvalue weighted by atomic mass is 16.9. The largest absolute Gasteiger partial charge is 0.385 e. The minimum absolute atomic E-state index is 0.0891. The summed E-state index contributed by atoms with van der Waals surface area (Å²) in [5.74, 6) is -5.80. The van der Waals surface area contributed by atoms with Gasteiger partial charge in [0.25, 0.3) is 5.79 Å². The molecular formula is C24H38O12. The number of rotatable bonds is 0. The van der Waals surface area contributed by atoms with Crippen molar-refractivity contribution in [3.8, 4) is 0 Å². The number of carbonyl (C=O) groups is 1. The maximum absolute atomic E-state index is 12.5. The zero-order valence-corrected chi connectivity index (χ0v) is 22.2. The van der Waals surface area contributed by atoms with Gasteiger partial charge in [-0.3, -0.25) is 4.79 Å². The molecule has 0 radical (unpaired) electrons. The maximum atomic E-state index is 12.5. The Hall–Kier alpha value is -0.770. The van der Waals surface area contributed by atoms with Crippen LogP contribution in [0.2, 0.25) is 0 Å². The average molecular weight is 519 g/mol. The van der Waals surface area contributed by atoms with Gasteiger partial charge in [-0.2, -0.15) is 0 Å². The molecule has 0 amide bonds. The second-order valence-corrected chi connectivity index (χ2v) is 11.8. The van der Waals surface area contributed by atoms with Crippen LogP contribution in [0.4, 0.5) is 0 Å². The second kappa shape index (κ2) is 8.36. The van der Waals surface area contributed by atoms with E-state index in [1.807, 2.05) is 13.8 Å². The summed E-state index contributed by atoms with van der Waals surface area (Å²) in [4.78, 5) is 12.5. The number of ether oxygens (including phenoxy) is 10. The van der Waals surface area contributed by atoms with E-state index in [2.05, 4.69) is 0 Å². The minimum atomic E-state index is -1.34. The zero-order valence-electron chi connectivity index (χ0n) is 22.2. The molecule has 0 aromatic heterocycles. The molecule has 0 unspecified atom stereocenters. The summed E-state index contributed by atoms with van der Waals surface area (Å²) in [6, 6.07) is 0. The molecule has 36 heavy (non-hydrogen) atoms. The van der Waals surface area contributed by atoms with E-state index in [0.29, 0.717) is 6.61 Å². The molecule has 206 valence electrons. The number of ketones is 1. The number of aliphatic hydroxyl groups is 1. The first-order chi connectivity index (χ1) is 16.5. The topological polar surface area (TPSA) is 130 Å². The number of hydrogen-bond acceptors (Lipinski definition) is 12. The van der Waals surface area contributed by atoms with Crippen LogP contribution in [0.1, 0.15) is 55.4 Å². The van der Waals surface area contributed by atoms with Crippen LogP contribution in [0.15, 0.2) is 0 Å². The van der Waals surface area contributed by atoms with Crippen LogP contribution >= 0.6 is 0 Å². The summed E-state index contributed by atoms with van der Waals surface area (Å²) >= 11 is 0. The zero-order chi connectivity index (χ0) is 26.4. The fourth-order valence-corrected chi connectivity index (χ4v) is 5.39. The van der Waals surface area contributed by atoms with Crippen molar-refractivity contribution >= 4 is 5.78 Å². The Labute approximate surface area is 210 Å². The molecule has 2 spiro atoms. The molecule has 6 rings (SSSR count). The normalized spacial score (nSPS) is 47.5. The van der Waals surface area contributed by atoms with Crippen LogP contribution in [0.3, 0.4) is 0 Å². The third kappa shape index (κ3) is 4.75. The molecule has 0 bridgehead atoms. The summed E-state index contributed by atoms with van der Waals surface area (Å²) in [6.45, 7) is 15.1. The molecule has 12 heteroatoms. The van der Waals surface area contributed by atoms with Crippen molar-refractivity contribution in [2.45, 2.75) is 121 Å². The Balaban J connectivity index is 0.000000148. The first kappa shape index (κ1) is 26.8. The summed E-state index contributed by atoms with van der Waals surface area (Å²) in [7, 11) is 0. The number of hydrogen-bond donors (Lipinski definition) is 1. The molecule has 7 atom stereocenters. The molecule has 0 saturated carbocycles. The highest BCUT2D eigenvalue weighted by Gasteiger charge is 2.63. The molecule has 0 aliphatic carbocycles. The first-order valence-electron chi connectivity index (χ1n) is 12.4. The Morgan fingerprint density at radius 2 is 1.25 bits per heavy atom. The molecule has 1 N–H and O–H groups in total. The van der Waals surface area contributed by atoms with Crippen molar-refractivity contribution in [2.24, 2.45) is 0 Å². The molecule has 6 heterocycles. The van der Waals surface area contributed by atoms with Crippen molar-refractivity contribution in [1.82, 2.24) is 0 Å². The van der Waals surface area contributed by atoms with Gasteiger partial charge in [0.15, 0.2) is 29.3 Å². The molecule has 0 aromatic carbocycles. The van der Waals surface area contributed by atoms with Crippen LogP contribution in [-0.4, -0.2) is 103 Å². The lowest BCUT2D eigenvalue weighted by atomic mass is 9.97. The Morgan fingerprint density at radius 3 is 1.86 bits per heavy atom. The van der Waals surface area contributed by atoms with Gasteiger partial charge in [0.05, 0.1) is 13.2 Å². The van der Waals surface area contributed by atoms with Crippen LogP contribution in [0.25, 0.3) is 0 Å². The summed E-state index contributed by atoms with van der Waals surface area (Å²) in [6.07, 6.45) is -2.67. The average Bonchev–Trinajstić information content (AvgIpc) is 3.44. The standard InChI is InChI=1S/C12H20O6.C12H18O6/c2*1-10(2)15-6-12(18-10)9(13)8-7(5-14-12)16-11(3,4)17-8/h7-9,13H,5-6H2,1-4H3;7-8H,5-6H2,1-4H3/t7-,8-,9+,12+;7-,8-,12+/m11/s1. The summed E-state index contributed by atoms with van der Waals surface area (Å²) in [5, 5.41) is 10.5. The highest BCUT2D eigenvalue weighted by molar-refractivity contribution is 5.92. The molecule has 6 aliphatic rings. The summed E-state index contributed by atoms with van der Waals surface area (Å²) < 4.78 is 56.2. The van der Waals surface area contributed by atoms with Crippen molar-refractivity contribution in [1.29, 1.82) is 0 Å². The first-order valence-corrected chi connectivity index (χ1v) is 12.4. The second-order valence-electron chi connectivity index (χ2n) is 11.8. The summed E-state index contributed by atoms with van der Waals surface area (Å²) in [5.41, 5.74) is 0. The van der Waals surface area contributed by atoms with E-state index in [1.165, 1.54) is 0 Å². The van der Waals surface area contributed by atoms with Gasteiger partial charge in [-0.25, -0.2) is 0 Å². The van der Waals surface area contributed by atoms with Gasteiger partial charge in [-0.1, -0.05) is 0 Å². The lowest BCUT2D eigenvalue weighted by Gasteiger charge is -2.41. The van der Waals surface area contributed by atoms with Gasteiger partial charge in [-0.05, 0) is 55.4 Å². The lowest BCUT2D eigenvalue weighted by molar-refractivity contribution is -0.326. The van der Waals surface area contributed by atoms with Crippen LogP contribution in [0.5, 0.6) is 0 Å². The molecule has 12 nitrogen and oxygen atoms in total. The molecule has 6 aliphatic heterocycles. The third-order valence-electron chi connectivity index (χ3n) is 6.83. The van der Waals surface area contributed by atoms with Gasteiger partial charge in [0.2, 0.25) is 11.6 Å². The number of fused-ring (bicyclic) bond motifs is 2. The van der Waals surface area contributed by atoms with Gasteiger partial charge in [0.1, 0.15) is 37.6 Å². The molecule has 6 fully saturated rings. The van der Waals surface area contributed by atoms with Crippen molar-refractivity contribution in [3.63, 3.8) is 0 Å². The van der Waals surface area contributed by atoms with E-state index in [0.717, 1.165) is 0 Å². The fourth-order valence-electron chi connectivity index (χ4n) is 5.39. The van der Waals surface area contributed by atoms with Gasteiger partial charge in [0, 0.05) is 0 Å². The monoisotopic (exact) mass is 518 g/mol. The third-order valence-corrected chi connectivity index (χ3v) is 6.83. The minimum Gasteiger partial charge on any atom is -0.385 e. The number of Topliss-reactive ketones (excluding diaryl/α,β-unsaturated/α-hetero) is 1. The van der Waals surface area contributed by atoms with E-state index >= 15 is 0 Å². The number of carbonyl (C=O) groups excluding carboxylic acids is 1. The van der Waals surface area contributed by atoms with E-state index < -0.39 is 53.0 Å². The van der Waals surface area contributed by atoms with Gasteiger partial charge in [-0.15, -0.1) is 0 Å². The smallest absolute Gasteiger partial charge is 0.258 e.